The minimum Gasteiger partial charge on any atom is -0.478 e. The van der Waals surface area contributed by atoms with Gasteiger partial charge in [-0.05, 0) is 37.0 Å². The molecule has 132 valence electrons. The van der Waals surface area contributed by atoms with Crippen molar-refractivity contribution >= 4 is 16.0 Å². The Hall–Kier alpha value is -2.32. The van der Waals surface area contributed by atoms with E-state index in [0.717, 1.165) is 23.4 Å². The lowest BCUT2D eigenvalue weighted by Gasteiger charge is -2.13. The molecule has 8 heteroatoms. The van der Waals surface area contributed by atoms with Crippen LogP contribution < -0.4 is 0 Å². The molecule has 1 N–H and O–H groups in total. The van der Waals surface area contributed by atoms with Crippen molar-refractivity contribution in [1.82, 2.24) is 14.3 Å². The highest BCUT2D eigenvalue weighted by Crippen LogP contribution is 2.24. The van der Waals surface area contributed by atoms with E-state index in [-0.39, 0.29) is 11.5 Å². The second-order valence-corrected chi connectivity index (χ2v) is 8.24. The fraction of sp³-hybridized carbons (Fsp3) is 0.353. The van der Waals surface area contributed by atoms with E-state index in [2.05, 4.69) is 9.97 Å². The lowest BCUT2D eigenvalue weighted by Crippen LogP contribution is -2.27. The molecule has 1 saturated heterocycles. The Kier molecular flexibility index (Phi) is 4.82. The first-order valence-electron chi connectivity index (χ1n) is 7.92. The zero-order valence-electron chi connectivity index (χ0n) is 13.8. The summed E-state index contributed by atoms with van der Waals surface area (Å²) in [5, 5.41) is 8.96. The Morgan fingerprint density at radius 3 is 2.60 bits per heavy atom. The van der Waals surface area contributed by atoms with Gasteiger partial charge in [0.2, 0.25) is 10.0 Å². The largest absolute Gasteiger partial charge is 0.478 e. The van der Waals surface area contributed by atoms with Gasteiger partial charge in [-0.25, -0.2) is 27.5 Å². The monoisotopic (exact) mass is 361 g/mol. The highest BCUT2D eigenvalue weighted by atomic mass is 32.2. The van der Waals surface area contributed by atoms with E-state index in [1.54, 1.807) is 24.3 Å². The van der Waals surface area contributed by atoms with E-state index >= 15 is 0 Å². The molecule has 3 rings (SSSR count). The fourth-order valence-electron chi connectivity index (χ4n) is 3.01. The Balaban J connectivity index is 1.73. The molecule has 2 aromatic rings. The Bertz CT molecular complexity index is 881. The second kappa shape index (κ2) is 6.89. The van der Waals surface area contributed by atoms with Crippen molar-refractivity contribution in [2.24, 2.45) is 5.92 Å². The Morgan fingerprint density at radius 1 is 1.28 bits per heavy atom. The summed E-state index contributed by atoms with van der Waals surface area (Å²) < 4.78 is 24.7. The smallest absolute Gasteiger partial charge is 0.335 e. The van der Waals surface area contributed by atoms with Crippen LogP contribution in [0.25, 0.3) is 11.3 Å². The van der Waals surface area contributed by atoms with Gasteiger partial charge in [-0.15, -0.1) is 0 Å². The average molecular weight is 361 g/mol. The lowest BCUT2D eigenvalue weighted by atomic mass is 10.0. The zero-order chi connectivity index (χ0) is 18.0. The third-order valence-corrected chi connectivity index (χ3v) is 5.64. The van der Waals surface area contributed by atoms with Gasteiger partial charge in [-0.1, -0.05) is 12.1 Å². The summed E-state index contributed by atoms with van der Waals surface area (Å²) in [6.45, 7) is 1.07. The summed E-state index contributed by atoms with van der Waals surface area (Å²) in [6.07, 6.45) is 4.23. The zero-order valence-corrected chi connectivity index (χ0v) is 14.6. The van der Waals surface area contributed by atoms with Gasteiger partial charge in [0.25, 0.3) is 0 Å². The molecule has 25 heavy (non-hydrogen) atoms. The van der Waals surface area contributed by atoms with E-state index in [1.807, 2.05) is 6.07 Å². The number of hydrogen-bond donors (Lipinski definition) is 1. The van der Waals surface area contributed by atoms with Crippen molar-refractivity contribution in [2.75, 3.05) is 19.3 Å². The SMILES string of the molecule is CS(=O)(=O)N1CC[C@H](Cc2cc(-c3ccc(C(=O)O)cc3)ncn2)C1. The summed E-state index contributed by atoms with van der Waals surface area (Å²) >= 11 is 0. The van der Waals surface area contributed by atoms with Crippen LogP contribution in [0.3, 0.4) is 0 Å². The maximum absolute atomic E-state index is 11.6. The molecule has 1 aliphatic rings. The molecule has 0 aliphatic carbocycles. The summed E-state index contributed by atoms with van der Waals surface area (Å²) in [5.41, 5.74) is 2.62. The molecule has 1 aromatic carbocycles. The minimum absolute atomic E-state index is 0.227. The predicted octanol–water partition coefficient (Wildman–Crippen LogP) is 1.67. The third-order valence-electron chi connectivity index (χ3n) is 4.37. The van der Waals surface area contributed by atoms with Crippen LogP contribution in [-0.2, 0) is 16.4 Å². The molecule has 1 aliphatic heterocycles. The topological polar surface area (TPSA) is 100 Å². The van der Waals surface area contributed by atoms with E-state index in [0.29, 0.717) is 19.5 Å². The number of hydrogen-bond acceptors (Lipinski definition) is 5. The predicted molar refractivity (Wildman–Crippen MR) is 92.7 cm³/mol. The number of carbonyl (C=O) groups is 1. The van der Waals surface area contributed by atoms with Gasteiger partial charge >= 0.3 is 5.97 Å². The van der Waals surface area contributed by atoms with Crippen molar-refractivity contribution < 1.29 is 18.3 Å². The van der Waals surface area contributed by atoms with Crippen molar-refractivity contribution in [3.63, 3.8) is 0 Å². The number of sulfonamides is 1. The van der Waals surface area contributed by atoms with Crippen molar-refractivity contribution in [3.05, 3.63) is 47.9 Å². The van der Waals surface area contributed by atoms with Crippen LogP contribution in [0.2, 0.25) is 0 Å². The van der Waals surface area contributed by atoms with Crippen molar-refractivity contribution in [1.29, 1.82) is 0 Å². The standard InChI is InChI=1S/C17H19N3O4S/c1-25(23,24)20-7-6-12(10-20)8-15-9-16(19-11-18-15)13-2-4-14(5-3-13)17(21)22/h2-5,9,11-12H,6-8,10H2,1H3,(H,21,22)/t12-/m1/s1. The quantitative estimate of drug-likeness (QED) is 0.869. The fourth-order valence-corrected chi connectivity index (χ4v) is 3.93. The van der Waals surface area contributed by atoms with Crippen LogP contribution in [0.4, 0.5) is 0 Å². The molecule has 0 radical (unpaired) electrons. The Labute approximate surface area is 146 Å². The number of rotatable bonds is 5. The third kappa shape index (κ3) is 4.21. The molecular formula is C17H19N3O4S. The number of benzene rings is 1. The first-order chi connectivity index (χ1) is 11.8. The van der Waals surface area contributed by atoms with E-state index in [1.165, 1.54) is 16.9 Å². The van der Waals surface area contributed by atoms with E-state index < -0.39 is 16.0 Å². The molecule has 1 atom stereocenters. The molecule has 1 aromatic heterocycles. The van der Waals surface area contributed by atoms with E-state index in [4.69, 9.17) is 5.11 Å². The van der Waals surface area contributed by atoms with Crippen LogP contribution in [0.15, 0.2) is 36.7 Å². The second-order valence-electron chi connectivity index (χ2n) is 6.26. The average Bonchev–Trinajstić information content (AvgIpc) is 3.04. The van der Waals surface area contributed by atoms with Crippen molar-refractivity contribution in [3.8, 4) is 11.3 Å². The summed E-state index contributed by atoms with van der Waals surface area (Å²) in [7, 11) is -3.14. The molecular weight excluding hydrogens is 342 g/mol. The highest BCUT2D eigenvalue weighted by Gasteiger charge is 2.28. The van der Waals surface area contributed by atoms with E-state index in [9.17, 15) is 13.2 Å². The molecule has 0 unspecified atom stereocenters. The van der Waals surface area contributed by atoms with Crippen LogP contribution >= 0.6 is 0 Å². The maximum atomic E-state index is 11.6. The van der Waals surface area contributed by atoms with Gasteiger partial charge in [-0.3, -0.25) is 0 Å². The minimum atomic E-state index is -3.14. The molecule has 0 bridgehead atoms. The van der Waals surface area contributed by atoms with Gasteiger partial charge in [0, 0.05) is 24.3 Å². The van der Waals surface area contributed by atoms with Gasteiger partial charge < -0.3 is 5.11 Å². The lowest BCUT2D eigenvalue weighted by molar-refractivity contribution is 0.0697. The van der Waals surface area contributed by atoms with Gasteiger partial charge in [0.15, 0.2) is 0 Å². The van der Waals surface area contributed by atoms with Crippen LogP contribution in [0, 0.1) is 5.92 Å². The summed E-state index contributed by atoms with van der Waals surface area (Å²) in [5.74, 6) is -0.724. The number of carboxylic acids is 1. The Morgan fingerprint density at radius 2 is 2.00 bits per heavy atom. The number of aromatic nitrogens is 2. The normalized spacial score (nSPS) is 18.4. The molecule has 0 spiro atoms. The first kappa shape index (κ1) is 17.5. The molecule has 0 saturated carbocycles. The molecule has 0 amide bonds. The first-order valence-corrected chi connectivity index (χ1v) is 9.77. The summed E-state index contributed by atoms with van der Waals surface area (Å²) in [6, 6.07) is 8.40. The van der Waals surface area contributed by atoms with Crippen LogP contribution in [0.1, 0.15) is 22.5 Å². The van der Waals surface area contributed by atoms with Crippen LogP contribution in [-0.4, -0.2) is 53.1 Å². The summed E-state index contributed by atoms with van der Waals surface area (Å²) in [4.78, 5) is 19.5. The van der Waals surface area contributed by atoms with Gasteiger partial charge in [0.05, 0.1) is 17.5 Å². The molecule has 7 nitrogen and oxygen atoms in total. The number of nitrogens with zero attached hydrogens (tertiary/aromatic N) is 3. The van der Waals surface area contributed by atoms with Gasteiger partial charge in [0.1, 0.15) is 6.33 Å². The number of carboxylic acid groups (broad SMARTS) is 1. The van der Waals surface area contributed by atoms with Crippen LogP contribution in [0.5, 0.6) is 0 Å². The molecule has 2 heterocycles. The van der Waals surface area contributed by atoms with Gasteiger partial charge in [-0.2, -0.15) is 0 Å². The maximum Gasteiger partial charge on any atom is 0.335 e. The highest BCUT2D eigenvalue weighted by molar-refractivity contribution is 7.88. The number of aromatic carboxylic acids is 1. The van der Waals surface area contributed by atoms with Crippen molar-refractivity contribution in [2.45, 2.75) is 12.8 Å². The molecule has 1 fully saturated rings.